The van der Waals surface area contributed by atoms with E-state index >= 15 is 0 Å². The number of rotatable bonds is 4. The van der Waals surface area contributed by atoms with Gasteiger partial charge in [0.2, 0.25) is 11.8 Å². The van der Waals surface area contributed by atoms with E-state index in [1.165, 1.54) is 11.7 Å². The third kappa shape index (κ3) is 4.07. The number of morpholine rings is 1. The molecule has 8 nitrogen and oxygen atoms in total. The third-order valence-electron chi connectivity index (χ3n) is 5.03. The molecule has 0 atom stereocenters. The van der Waals surface area contributed by atoms with E-state index in [-0.39, 0.29) is 35.6 Å². The Balaban J connectivity index is 1.54. The second-order valence-electron chi connectivity index (χ2n) is 6.60. The lowest BCUT2D eigenvalue weighted by Gasteiger charge is -2.35. The zero-order chi connectivity index (χ0) is 18.5. The van der Waals surface area contributed by atoms with Crippen LogP contribution in [0.1, 0.15) is 12.8 Å². The van der Waals surface area contributed by atoms with E-state index in [0.29, 0.717) is 52.2 Å². The molecule has 0 radical (unpaired) electrons. The summed E-state index contributed by atoms with van der Waals surface area (Å²) in [4.78, 5) is 40.8. The van der Waals surface area contributed by atoms with E-state index in [1.54, 1.807) is 23.2 Å². The molecule has 2 aliphatic heterocycles. The van der Waals surface area contributed by atoms with Gasteiger partial charge in [-0.2, -0.15) is 0 Å². The van der Waals surface area contributed by atoms with E-state index in [2.05, 4.69) is 0 Å². The van der Waals surface area contributed by atoms with Gasteiger partial charge in [0.1, 0.15) is 6.54 Å². The number of likely N-dealkylation sites (tertiary alicyclic amines) is 1. The van der Waals surface area contributed by atoms with Gasteiger partial charge in [0.25, 0.3) is 5.56 Å². The first-order valence-corrected chi connectivity index (χ1v) is 8.98. The van der Waals surface area contributed by atoms with Crippen molar-refractivity contribution in [2.24, 2.45) is 5.92 Å². The summed E-state index contributed by atoms with van der Waals surface area (Å²) in [7, 11) is 1.43. The summed E-state index contributed by atoms with van der Waals surface area (Å²) in [5.74, 6) is 0.244. The summed E-state index contributed by atoms with van der Waals surface area (Å²) in [5.41, 5.74) is -0.319. The molecular weight excluding hydrogens is 338 g/mol. The van der Waals surface area contributed by atoms with Crippen molar-refractivity contribution in [3.8, 4) is 5.75 Å². The zero-order valence-electron chi connectivity index (χ0n) is 15.1. The van der Waals surface area contributed by atoms with Gasteiger partial charge in [-0.25, -0.2) is 0 Å². The van der Waals surface area contributed by atoms with Crippen LogP contribution in [0.2, 0.25) is 0 Å². The monoisotopic (exact) mass is 363 g/mol. The van der Waals surface area contributed by atoms with Crippen molar-refractivity contribution >= 4 is 11.8 Å². The van der Waals surface area contributed by atoms with Crippen LogP contribution in [0.15, 0.2) is 23.1 Å². The second kappa shape index (κ2) is 8.35. The first-order valence-electron chi connectivity index (χ1n) is 8.98. The average molecular weight is 363 g/mol. The predicted octanol–water partition coefficient (Wildman–Crippen LogP) is -0.0457. The Morgan fingerprint density at radius 1 is 1.15 bits per heavy atom. The topological polar surface area (TPSA) is 81.1 Å². The number of pyridine rings is 1. The molecule has 1 aromatic rings. The first-order chi connectivity index (χ1) is 12.6. The highest BCUT2D eigenvalue weighted by atomic mass is 16.5. The third-order valence-corrected chi connectivity index (χ3v) is 5.03. The van der Waals surface area contributed by atoms with Gasteiger partial charge in [-0.15, -0.1) is 0 Å². The number of amides is 2. The molecule has 0 unspecified atom stereocenters. The van der Waals surface area contributed by atoms with E-state index in [9.17, 15) is 14.4 Å². The van der Waals surface area contributed by atoms with Gasteiger partial charge in [0, 0.05) is 38.3 Å². The summed E-state index contributed by atoms with van der Waals surface area (Å²) in [6.45, 7) is 3.55. The molecular formula is C18H25N3O5. The molecule has 0 aromatic carbocycles. The lowest BCUT2D eigenvalue weighted by molar-refractivity contribution is -0.144. The number of carbonyl (C=O) groups excluding carboxylic acids is 2. The van der Waals surface area contributed by atoms with Crippen LogP contribution >= 0.6 is 0 Å². The van der Waals surface area contributed by atoms with Gasteiger partial charge in [0.05, 0.1) is 20.3 Å². The summed E-state index contributed by atoms with van der Waals surface area (Å²) in [6.07, 6.45) is 2.90. The van der Waals surface area contributed by atoms with Crippen molar-refractivity contribution in [1.29, 1.82) is 0 Å². The quantitative estimate of drug-likeness (QED) is 0.750. The number of piperidine rings is 1. The van der Waals surface area contributed by atoms with Crippen LogP contribution in [-0.2, 0) is 20.9 Å². The van der Waals surface area contributed by atoms with Crippen LogP contribution in [0.3, 0.4) is 0 Å². The normalized spacial score (nSPS) is 18.7. The molecule has 0 saturated carbocycles. The Kier molecular flexibility index (Phi) is 5.92. The van der Waals surface area contributed by atoms with Crippen LogP contribution in [0.5, 0.6) is 5.75 Å². The summed E-state index contributed by atoms with van der Waals surface area (Å²) < 4.78 is 11.6. The van der Waals surface area contributed by atoms with Crippen molar-refractivity contribution < 1.29 is 19.1 Å². The number of methoxy groups -OCH3 is 1. The molecule has 8 heteroatoms. The maximum atomic E-state index is 12.5. The minimum atomic E-state index is -0.319. The summed E-state index contributed by atoms with van der Waals surface area (Å²) in [6, 6.07) is 3.26. The van der Waals surface area contributed by atoms with Crippen molar-refractivity contribution in [3.05, 3.63) is 28.7 Å². The largest absolute Gasteiger partial charge is 0.491 e. The Morgan fingerprint density at radius 2 is 1.85 bits per heavy atom. The number of aromatic nitrogens is 1. The first kappa shape index (κ1) is 18.4. The van der Waals surface area contributed by atoms with E-state index in [1.807, 2.05) is 4.90 Å². The number of ether oxygens (including phenoxy) is 2. The maximum absolute atomic E-state index is 12.5. The summed E-state index contributed by atoms with van der Waals surface area (Å²) in [5, 5.41) is 0. The molecule has 0 spiro atoms. The molecule has 26 heavy (non-hydrogen) atoms. The van der Waals surface area contributed by atoms with Crippen LogP contribution < -0.4 is 10.3 Å². The van der Waals surface area contributed by atoms with Crippen molar-refractivity contribution in [3.63, 3.8) is 0 Å². The van der Waals surface area contributed by atoms with Gasteiger partial charge in [-0.3, -0.25) is 14.4 Å². The molecule has 3 rings (SSSR count). The van der Waals surface area contributed by atoms with Crippen LogP contribution in [0, 0.1) is 5.92 Å². The second-order valence-corrected chi connectivity index (χ2v) is 6.60. The van der Waals surface area contributed by atoms with Gasteiger partial charge in [-0.05, 0) is 25.0 Å². The van der Waals surface area contributed by atoms with Crippen LogP contribution in [0.25, 0.3) is 0 Å². The Hall–Kier alpha value is -2.35. The Labute approximate surface area is 152 Å². The predicted molar refractivity (Wildman–Crippen MR) is 94.0 cm³/mol. The Bertz CT molecular complexity index is 703. The smallest absolute Gasteiger partial charge is 0.293 e. The van der Waals surface area contributed by atoms with Gasteiger partial charge < -0.3 is 23.8 Å². The van der Waals surface area contributed by atoms with Crippen LogP contribution in [-0.4, -0.2) is 72.7 Å². The standard InChI is InChI=1S/C18H25N3O5/c1-25-15-3-2-6-21(18(15)24)13-16(22)19-7-4-14(5-8-19)17(23)20-9-11-26-12-10-20/h2-3,6,14H,4-5,7-13H2,1H3. The molecule has 2 aliphatic rings. The van der Waals surface area contributed by atoms with Crippen molar-refractivity contribution in [2.45, 2.75) is 19.4 Å². The fourth-order valence-corrected chi connectivity index (χ4v) is 3.46. The molecule has 0 N–H and O–H groups in total. The maximum Gasteiger partial charge on any atom is 0.293 e. The van der Waals surface area contributed by atoms with E-state index in [0.717, 1.165) is 0 Å². The lowest BCUT2D eigenvalue weighted by atomic mass is 9.95. The van der Waals surface area contributed by atoms with Crippen molar-refractivity contribution in [1.82, 2.24) is 14.4 Å². The van der Waals surface area contributed by atoms with Gasteiger partial charge in [-0.1, -0.05) is 0 Å². The number of carbonyl (C=O) groups is 2. The molecule has 0 bridgehead atoms. The minimum absolute atomic E-state index is 0.0158. The molecule has 2 amide bonds. The van der Waals surface area contributed by atoms with Gasteiger partial charge in [0.15, 0.2) is 5.75 Å². The van der Waals surface area contributed by atoms with E-state index < -0.39 is 0 Å². The average Bonchev–Trinajstić information content (AvgIpc) is 2.69. The van der Waals surface area contributed by atoms with E-state index in [4.69, 9.17) is 9.47 Å². The molecule has 142 valence electrons. The SMILES string of the molecule is COc1cccn(CC(=O)N2CCC(C(=O)N3CCOCC3)CC2)c1=O. The minimum Gasteiger partial charge on any atom is -0.491 e. The zero-order valence-corrected chi connectivity index (χ0v) is 15.1. The lowest BCUT2D eigenvalue weighted by Crippen LogP contribution is -2.48. The number of hydrogen-bond donors (Lipinski definition) is 0. The highest BCUT2D eigenvalue weighted by Gasteiger charge is 2.30. The van der Waals surface area contributed by atoms with Gasteiger partial charge >= 0.3 is 0 Å². The highest BCUT2D eigenvalue weighted by molar-refractivity contribution is 5.80. The number of nitrogens with zero attached hydrogens (tertiary/aromatic N) is 3. The molecule has 3 heterocycles. The van der Waals surface area contributed by atoms with Crippen LogP contribution in [0.4, 0.5) is 0 Å². The molecule has 2 fully saturated rings. The molecule has 0 aliphatic carbocycles. The molecule has 1 aromatic heterocycles. The number of hydrogen-bond acceptors (Lipinski definition) is 5. The fraction of sp³-hybridized carbons (Fsp3) is 0.611. The fourth-order valence-electron chi connectivity index (χ4n) is 3.46. The highest BCUT2D eigenvalue weighted by Crippen LogP contribution is 2.20. The Morgan fingerprint density at radius 3 is 2.50 bits per heavy atom. The summed E-state index contributed by atoms with van der Waals surface area (Å²) >= 11 is 0. The van der Waals surface area contributed by atoms with Crippen molar-refractivity contribution in [2.75, 3.05) is 46.5 Å². The molecule has 2 saturated heterocycles.